The molecule has 1 atom stereocenters. The Hall–Kier alpha value is -3.61. The van der Waals surface area contributed by atoms with Crippen LogP contribution in [-0.4, -0.2) is 32.1 Å². The van der Waals surface area contributed by atoms with Crippen LogP contribution in [0.2, 0.25) is 0 Å². The van der Waals surface area contributed by atoms with Gasteiger partial charge in [-0.1, -0.05) is 38.1 Å². The number of benzene rings is 2. The topological polar surface area (TPSA) is 113 Å². The largest absolute Gasteiger partial charge is 0.489 e. The minimum Gasteiger partial charge on any atom is -0.489 e. The molecule has 2 aromatic carbocycles. The summed E-state index contributed by atoms with van der Waals surface area (Å²) in [6, 6.07) is 12.1. The SMILES string of the molecule is CCCc1ncc(C(C(=O)O)c2ccc(OCc3ccc(CC)cc3C(=O)O)cc2)[nH]1. The first-order chi connectivity index (χ1) is 14.9. The van der Waals surface area contributed by atoms with Crippen LogP contribution in [0.1, 0.15) is 64.8 Å². The Balaban J connectivity index is 1.75. The highest BCUT2D eigenvalue weighted by Crippen LogP contribution is 2.26. The minimum absolute atomic E-state index is 0.105. The van der Waals surface area contributed by atoms with Gasteiger partial charge in [-0.05, 0) is 42.2 Å². The van der Waals surface area contributed by atoms with Crippen molar-refractivity contribution >= 4 is 11.9 Å². The number of aromatic carboxylic acids is 1. The van der Waals surface area contributed by atoms with Crippen molar-refractivity contribution in [3.05, 3.63) is 82.4 Å². The quantitative estimate of drug-likeness (QED) is 0.446. The lowest BCUT2D eigenvalue weighted by molar-refractivity contribution is -0.137. The third kappa shape index (κ3) is 5.31. The van der Waals surface area contributed by atoms with Crippen molar-refractivity contribution in [1.29, 1.82) is 0 Å². The molecule has 1 aromatic heterocycles. The average Bonchev–Trinajstić information content (AvgIpc) is 3.21. The summed E-state index contributed by atoms with van der Waals surface area (Å²) < 4.78 is 5.76. The lowest BCUT2D eigenvalue weighted by Crippen LogP contribution is -2.13. The van der Waals surface area contributed by atoms with Gasteiger partial charge in [-0.25, -0.2) is 9.78 Å². The van der Waals surface area contributed by atoms with Gasteiger partial charge in [-0.15, -0.1) is 0 Å². The number of aromatic nitrogens is 2. The number of carbonyl (C=O) groups is 2. The number of aromatic amines is 1. The van der Waals surface area contributed by atoms with Gasteiger partial charge in [0.1, 0.15) is 24.1 Å². The van der Waals surface area contributed by atoms with Crippen molar-refractivity contribution in [1.82, 2.24) is 9.97 Å². The molecule has 31 heavy (non-hydrogen) atoms. The molecule has 0 saturated heterocycles. The Morgan fingerprint density at radius 1 is 1.10 bits per heavy atom. The molecule has 7 nitrogen and oxygen atoms in total. The molecule has 0 bridgehead atoms. The highest BCUT2D eigenvalue weighted by Gasteiger charge is 2.24. The first kappa shape index (κ1) is 22.1. The van der Waals surface area contributed by atoms with Crippen LogP contribution in [0.4, 0.5) is 0 Å². The van der Waals surface area contributed by atoms with Crippen molar-refractivity contribution in [2.24, 2.45) is 0 Å². The number of hydrogen-bond acceptors (Lipinski definition) is 4. The number of nitrogens with zero attached hydrogens (tertiary/aromatic N) is 1. The molecule has 1 unspecified atom stereocenters. The van der Waals surface area contributed by atoms with Gasteiger partial charge in [-0.3, -0.25) is 4.79 Å². The van der Waals surface area contributed by atoms with Crippen molar-refractivity contribution in [3.8, 4) is 5.75 Å². The molecule has 0 amide bonds. The van der Waals surface area contributed by atoms with Crippen LogP contribution in [0, 0.1) is 0 Å². The molecule has 0 fully saturated rings. The Bertz CT molecular complexity index is 1060. The number of carboxylic acids is 2. The van der Waals surface area contributed by atoms with E-state index in [-0.39, 0.29) is 12.2 Å². The number of H-pyrrole nitrogens is 1. The second-order valence-corrected chi connectivity index (χ2v) is 7.31. The van der Waals surface area contributed by atoms with Crippen LogP contribution >= 0.6 is 0 Å². The predicted octanol–water partition coefficient (Wildman–Crippen LogP) is 4.42. The Morgan fingerprint density at radius 2 is 1.84 bits per heavy atom. The highest BCUT2D eigenvalue weighted by atomic mass is 16.5. The standard InChI is InChI=1S/C24H26N2O5/c1-3-5-21-25-13-20(26-21)22(24(29)30)16-8-10-18(11-9-16)31-14-17-7-6-15(4-2)12-19(17)23(27)28/h6-13,22H,3-5,14H2,1-2H3,(H,25,26)(H,27,28)(H,29,30). The highest BCUT2D eigenvalue weighted by molar-refractivity contribution is 5.89. The fraction of sp³-hybridized carbons (Fsp3) is 0.292. The third-order valence-electron chi connectivity index (χ3n) is 5.11. The monoisotopic (exact) mass is 422 g/mol. The summed E-state index contributed by atoms with van der Waals surface area (Å²) in [7, 11) is 0. The average molecular weight is 422 g/mol. The maximum atomic E-state index is 11.9. The molecule has 0 radical (unpaired) electrons. The smallest absolute Gasteiger partial charge is 0.336 e. The van der Waals surface area contributed by atoms with E-state index in [4.69, 9.17) is 4.74 Å². The van der Waals surface area contributed by atoms with Gasteiger partial charge in [0.2, 0.25) is 0 Å². The molecule has 1 heterocycles. The van der Waals surface area contributed by atoms with Gasteiger partial charge in [0.05, 0.1) is 11.3 Å². The van der Waals surface area contributed by atoms with Crippen LogP contribution in [0.5, 0.6) is 5.75 Å². The molecule has 0 spiro atoms. The number of nitrogens with one attached hydrogen (secondary N) is 1. The molecule has 0 aliphatic rings. The lowest BCUT2D eigenvalue weighted by Gasteiger charge is -2.13. The number of ether oxygens (including phenoxy) is 1. The van der Waals surface area contributed by atoms with E-state index in [1.165, 1.54) is 0 Å². The third-order valence-corrected chi connectivity index (χ3v) is 5.11. The predicted molar refractivity (Wildman–Crippen MR) is 116 cm³/mol. The summed E-state index contributed by atoms with van der Waals surface area (Å²) in [5.74, 6) is -1.52. The van der Waals surface area contributed by atoms with Crippen molar-refractivity contribution < 1.29 is 24.5 Å². The second-order valence-electron chi connectivity index (χ2n) is 7.31. The summed E-state index contributed by atoms with van der Waals surface area (Å²) in [6.45, 7) is 4.11. The molecule has 3 N–H and O–H groups in total. The van der Waals surface area contributed by atoms with Crippen LogP contribution < -0.4 is 4.74 Å². The van der Waals surface area contributed by atoms with Crippen molar-refractivity contribution in [3.63, 3.8) is 0 Å². The summed E-state index contributed by atoms with van der Waals surface area (Å²) in [4.78, 5) is 30.8. The van der Waals surface area contributed by atoms with Gasteiger partial charge >= 0.3 is 11.9 Å². The fourth-order valence-corrected chi connectivity index (χ4v) is 3.43. The maximum Gasteiger partial charge on any atom is 0.336 e. The minimum atomic E-state index is -0.990. The molecule has 7 heteroatoms. The van der Waals surface area contributed by atoms with E-state index in [9.17, 15) is 19.8 Å². The summed E-state index contributed by atoms with van der Waals surface area (Å²) in [5.41, 5.74) is 2.89. The van der Waals surface area contributed by atoms with Gasteiger partial charge in [0.25, 0.3) is 0 Å². The van der Waals surface area contributed by atoms with Gasteiger partial charge < -0.3 is 19.9 Å². The van der Waals surface area contributed by atoms with E-state index in [0.29, 0.717) is 22.6 Å². The van der Waals surface area contributed by atoms with Crippen LogP contribution in [0.25, 0.3) is 0 Å². The zero-order valence-electron chi connectivity index (χ0n) is 17.6. The van der Waals surface area contributed by atoms with Gasteiger partial charge in [0.15, 0.2) is 0 Å². The number of aliphatic carboxylic acids is 1. The number of aryl methyl sites for hydroxylation is 2. The Morgan fingerprint density at radius 3 is 2.45 bits per heavy atom. The molecule has 3 rings (SSSR count). The molecule has 0 aliphatic carbocycles. The van der Waals surface area contributed by atoms with Crippen molar-refractivity contribution in [2.45, 2.75) is 45.6 Å². The number of carboxylic acid groups (broad SMARTS) is 2. The van der Waals surface area contributed by atoms with E-state index in [1.54, 1.807) is 42.6 Å². The van der Waals surface area contributed by atoms with Crippen molar-refractivity contribution in [2.75, 3.05) is 0 Å². The van der Waals surface area contributed by atoms with E-state index in [1.807, 2.05) is 19.9 Å². The van der Waals surface area contributed by atoms with Crippen LogP contribution in [-0.2, 0) is 24.2 Å². The van der Waals surface area contributed by atoms with Gasteiger partial charge in [-0.2, -0.15) is 0 Å². The zero-order chi connectivity index (χ0) is 22.4. The first-order valence-corrected chi connectivity index (χ1v) is 10.3. The molecular weight excluding hydrogens is 396 g/mol. The molecule has 3 aromatic rings. The zero-order valence-corrected chi connectivity index (χ0v) is 17.6. The molecule has 162 valence electrons. The summed E-state index contributed by atoms with van der Waals surface area (Å²) in [5, 5.41) is 19.2. The number of hydrogen-bond donors (Lipinski definition) is 3. The van der Waals surface area contributed by atoms with E-state index < -0.39 is 17.9 Å². The molecular formula is C24H26N2O5. The van der Waals surface area contributed by atoms with E-state index in [2.05, 4.69) is 9.97 Å². The Kier molecular flexibility index (Phi) is 7.07. The molecule has 0 saturated carbocycles. The summed E-state index contributed by atoms with van der Waals surface area (Å²) >= 11 is 0. The Labute approximate surface area is 180 Å². The van der Waals surface area contributed by atoms with Crippen LogP contribution in [0.15, 0.2) is 48.7 Å². The first-order valence-electron chi connectivity index (χ1n) is 10.3. The fourth-order valence-electron chi connectivity index (χ4n) is 3.43. The number of imidazole rings is 1. The summed E-state index contributed by atoms with van der Waals surface area (Å²) in [6.07, 6.45) is 4.00. The maximum absolute atomic E-state index is 11.9. The van der Waals surface area contributed by atoms with Crippen LogP contribution in [0.3, 0.4) is 0 Å². The second kappa shape index (κ2) is 9.93. The number of rotatable bonds is 10. The normalized spacial score (nSPS) is 11.8. The van der Waals surface area contributed by atoms with Gasteiger partial charge in [0, 0.05) is 18.2 Å². The van der Waals surface area contributed by atoms with E-state index in [0.717, 1.165) is 30.7 Å². The van der Waals surface area contributed by atoms with E-state index >= 15 is 0 Å². The molecule has 0 aliphatic heterocycles. The lowest BCUT2D eigenvalue weighted by atomic mass is 9.96.